The van der Waals surface area contributed by atoms with Gasteiger partial charge in [-0.15, -0.1) is 0 Å². The maximum atomic E-state index is 2.54. The van der Waals surface area contributed by atoms with Crippen molar-refractivity contribution in [2.24, 2.45) is 5.92 Å². The van der Waals surface area contributed by atoms with Gasteiger partial charge in [0.1, 0.15) is 0 Å². The average molecular weight is 694 g/mol. The molecule has 260 valence electrons. The Morgan fingerprint density at radius 1 is 0.556 bits per heavy atom. The number of hydrogen-bond donors (Lipinski definition) is 0. The molecule has 1 heteroatoms. The first-order chi connectivity index (χ1) is 26.5. The summed E-state index contributed by atoms with van der Waals surface area (Å²) in [6.45, 7) is 7.27. The lowest BCUT2D eigenvalue weighted by atomic mass is 9.68. The smallest absolute Gasteiger partial charge is 0.0723 e. The number of fused-ring (bicyclic) bond motifs is 11. The van der Waals surface area contributed by atoms with Gasteiger partial charge in [0.25, 0.3) is 0 Å². The van der Waals surface area contributed by atoms with Crippen molar-refractivity contribution in [3.63, 3.8) is 0 Å². The molecule has 0 aromatic heterocycles. The summed E-state index contributed by atoms with van der Waals surface area (Å²) in [4.78, 5) is 2.54. The van der Waals surface area contributed by atoms with Gasteiger partial charge in [0.05, 0.1) is 11.1 Å². The second kappa shape index (κ2) is 11.5. The molecule has 1 nitrogen and oxygen atoms in total. The van der Waals surface area contributed by atoms with Crippen molar-refractivity contribution in [2.75, 3.05) is 4.90 Å². The van der Waals surface area contributed by atoms with Crippen molar-refractivity contribution in [2.45, 2.75) is 50.9 Å². The minimum absolute atomic E-state index is 0.0276. The van der Waals surface area contributed by atoms with Gasteiger partial charge in [-0.1, -0.05) is 160 Å². The normalized spacial score (nSPS) is 20.8. The van der Waals surface area contributed by atoms with E-state index >= 15 is 0 Å². The molecule has 5 aliphatic rings. The van der Waals surface area contributed by atoms with Gasteiger partial charge >= 0.3 is 0 Å². The zero-order chi connectivity index (χ0) is 36.2. The molecule has 6 aromatic rings. The van der Waals surface area contributed by atoms with Crippen LogP contribution >= 0.6 is 0 Å². The summed E-state index contributed by atoms with van der Waals surface area (Å²) in [7, 11) is 0. The predicted molar refractivity (Wildman–Crippen MR) is 226 cm³/mol. The quantitative estimate of drug-likeness (QED) is 0.178. The van der Waals surface area contributed by atoms with Gasteiger partial charge in [-0.25, -0.2) is 0 Å². The van der Waals surface area contributed by atoms with E-state index in [-0.39, 0.29) is 10.8 Å². The molecular formula is C53H43N. The molecule has 54 heavy (non-hydrogen) atoms. The van der Waals surface area contributed by atoms with E-state index in [4.69, 9.17) is 0 Å². The molecule has 5 aliphatic carbocycles. The van der Waals surface area contributed by atoms with Crippen molar-refractivity contribution < 1.29 is 0 Å². The number of hydrogen-bond acceptors (Lipinski definition) is 1. The van der Waals surface area contributed by atoms with Crippen LogP contribution in [-0.2, 0) is 10.8 Å². The topological polar surface area (TPSA) is 3.24 Å². The molecule has 2 atom stereocenters. The van der Waals surface area contributed by atoms with Crippen LogP contribution in [0.15, 0.2) is 175 Å². The molecule has 1 spiro atoms. The first-order valence-corrected chi connectivity index (χ1v) is 19.7. The first-order valence-electron chi connectivity index (χ1n) is 19.7. The van der Waals surface area contributed by atoms with Crippen LogP contribution in [0, 0.1) is 5.92 Å². The molecule has 0 heterocycles. The van der Waals surface area contributed by atoms with Crippen molar-refractivity contribution in [1.82, 2.24) is 0 Å². The molecule has 2 unspecified atom stereocenters. The van der Waals surface area contributed by atoms with E-state index in [1.165, 1.54) is 89.4 Å². The van der Waals surface area contributed by atoms with Crippen LogP contribution in [-0.4, -0.2) is 0 Å². The summed E-state index contributed by atoms with van der Waals surface area (Å²) < 4.78 is 0. The average Bonchev–Trinajstić information content (AvgIpc) is 3.78. The second-order valence-corrected chi connectivity index (χ2v) is 16.3. The summed E-state index contributed by atoms with van der Waals surface area (Å²) in [5, 5.41) is 0. The van der Waals surface area contributed by atoms with Crippen LogP contribution in [0.3, 0.4) is 0 Å². The predicted octanol–water partition coefficient (Wildman–Crippen LogP) is 13.9. The third-order valence-corrected chi connectivity index (χ3v) is 13.2. The summed E-state index contributed by atoms with van der Waals surface area (Å²) in [5.41, 5.74) is 22.6. The molecule has 0 radical (unpaired) electrons. The van der Waals surface area contributed by atoms with E-state index in [1.807, 2.05) is 0 Å². The van der Waals surface area contributed by atoms with E-state index in [9.17, 15) is 0 Å². The molecule has 0 saturated heterocycles. The van der Waals surface area contributed by atoms with Crippen LogP contribution in [0.25, 0.3) is 33.4 Å². The summed E-state index contributed by atoms with van der Waals surface area (Å²) in [5.74, 6) is 0.461. The Labute approximate surface area is 319 Å². The van der Waals surface area contributed by atoms with Gasteiger partial charge in [-0.05, 0) is 122 Å². The van der Waals surface area contributed by atoms with Crippen LogP contribution in [0.4, 0.5) is 17.1 Å². The van der Waals surface area contributed by atoms with Crippen LogP contribution in [0.1, 0.15) is 73.4 Å². The summed E-state index contributed by atoms with van der Waals surface area (Å²) >= 11 is 0. The fourth-order valence-electron chi connectivity index (χ4n) is 10.9. The van der Waals surface area contributed by atoms with Gasteiger partial charge in [0.15, 0.2) is 0 Å². The van der Waals surface area contributed by atoms with E-state index in [1.54, 1.807) is 5.57 Å². The third kappa shape index (κ3) is 4.16. The van der Waals surface area contributed by atoms with Gasteiger partial charge in [-0.3, -0.25) is 0 Å². The monoisotopic (exact) mass is 693 g/mol. The molecular weight excluding hydrogens is 651 g/mol. The maximum absolute atomic E-state index is 2.54. The van der Waals surface area contributed by atoms with Gasteiger partial charge < -0.3 is 4.90 Å². The fourth-order valence-corrected chi connectivity index (χ4v) is 10.9. The molecule has 0 saturated carbocycles. The molecule has 0 bridgehead atoms. The standard InChI is InChI=1S/C53H43N/c1-34-16-15-26-47-51(34)43-22-9-13-25-46(43)53(47)45-24-12-8-21-40(45)42-31-29-37(33-49(42)53)54(50-27-14-10-19-38(50)35-17-5-4-6-18-35)36-28-30-41-39-20-7-11-23-44(39)52(2,3)48(41)32-36/h4-10,12-15,17-22,24-34H,11,16,23H2,1-3H3. The molecule has 0 N–H and O–H groups in total. The van der Waals surface area contributed by atoms with E-state index in [2.05, 4.69) is 190 Å². The zero-order valence-corrected chi connectivity index (χ0v) is 31.2. The SMILES string of the molecule is CC1CC=CC2=C1c1ccccc1C21c2ccccc2-c2ccc(N(c3ccc4c(c3)C(C)(C)C3=C4C=CCC3)c3ccccc3-c3ccccc3)cc21. The van der Waals surface area contributed by atoms with E-state index in [0.29, 0.717) is 5.92 Å². The Morgan fingerprint density at radius 3 is 1.98 bits per heavy atom. The second-order valence-electron chi connectivity index (χ2n) is 16.3. The van der Waals surface area contributed by atoms with Gasteiger partial charge in [0, 0.05) is 22.4 Å². The lowest BCUT2D eigenvalue weighted by molar-refractivity contribution is 0.607. The maximum Gasteiger partial charge on any atom is 0.0723 e. The van der Waals surface area contributed by atoms with E-state index in [0.717, 1.165) is 19.3 Å². The van der Waals surface area contributed by atoms with Gasteiger partial charge in [-0.2, -0.15) is 0 Å². The summed E-state index contributed by atoms with van der Waals surface area (Å²) in [6.07, 6.45) is 12.9. The number of allylic oxidation sites excluding steroid dienone is 8. The minimum atomic E-state index is -0.376. The number of benzene rings is 6. The van der Waals surface area contributed by atoms with Crippen LogP contribution in [0.2, 0.25) is 0 Å². The highest BCUT2D eigenvalue weighted by Crippen LogP contribution is 2.64. The number of anilines is 3. The Balaban J connectivity index is 1.19. The largest absolute Gasteiger partial charge is 0.310 e. The lowest BCUT2D eigenvalue weighted by Crippen LogP contribution is -2.27. The van der Waals surface area contributed by atoms with Crippen molar-refractivity contribution in [1.29, 1.82) is 0 Å². The zero-order valence-electron chi connectivity index (χ0n) is 31.2. The minimum Gasteiger partial charge on any atom is -0.310 e. The van der Waals surface area contributed by atoms with Crippen LogP contribution < -0.4 is 4.90 Å². The highest BCUT2D eigenvalue weighted by atomic mass is 15.1. The first kappa shape index (κ1) is 31.6. The molecule has 11 rings (SSSR count). The van der Waals surface area contributed by atoms with Crippen molar-refractivity contribution in [3.8, 4) is 22.3 Å². The Bertz CT molecular complexity index is 2680. The van der Waals surface area contributed by atoms with Gasteiger partial charge in [0.2, 0.25) is 0 Å². The highest BCUT2D eigenvalue weighted by Gasteiger charge is 2.53. The number of para-hydroxylation sites is 1. The third-order valence-electron chi connectivity index (χ3n) is 13.2. The van der Waals surface area contributed by atoms with E-state index < -0.39 is 0 Å². The lowest BCUT2D eigenvalue weighted by Gasteiger charge is -2.34. The Hall–Kier alpha value is -5.92. The number of rotatable bonds is 4. The highest BCUT2D eigenvalue weighted by molar-refractivity contribution is 5.98. The van der Waals surface area contributed by atoms with Crippen molar-refractivity contribution in [3.05, 3.63) is 208 Å². The molecule has 0 fully saturated rings. The molecule has 6 aromatic carbocycles. The molecule has 0 amide bonds. The Kier molecular flexibility index (Phi) is 6.75. The molecule has 0 aliphatic heterocycles. The number of nitrogens with zero attached hydrogens (tertiary/aromatic N) is 1. The van der Waals surface area contributed by atoms with Crippen LogP contribution in [0.5, 0.6) is 0 Å². The fraction of sp³-hybridized carbons (Fsp3) is 0.170. The van der Waals surface area contributed by atoms with Crippen molar-refractivity contribution >= 4 is 28.2 Å². The summed E-state index contributed by atoms with van der Waals surface area (Å²) in [6, 6.07) is 52.9. The Morgan fingerprint density at radius 2 is 1.19 bits per heavy atom.